The van der Waals surface area contributed by atoms with Gasteiger partial charge < -0.3 is 0 Å². The number of pyridine rings is 2. The van der Waals surface area contributed by atoms with Crippen molar-refractivity contribution in [1.29, 1.82) is 0 Å². The number of hydrogen-bond acceptors (Lipinski definition) is 4. The van der Waals surface area contributed by atoms with Crippen molar-refractivity contribution in [2.45, 2.75) is 5.03 Å². The topological polar surface area (TPSA) is 25.8 Å². The molecule has 0 aliphatic carbocycles. The second-order valence-electron chi connectivity index (χ2n) is 3.84. The second-order valence-corrected chi connectivity index (χ2v) is 4.96. The Hall–Kier alpha value is -1.52. The lowest BCUT2D eigenvalue weighted by molar-refractivity contribution is 1.18. The van der Waals surface area contributed by atoms with Crippen molar-refractivity contribution in [2.75, 3.05) is 0 Å². The Kier molecular flexibility index (Phi) is 3.21. The van der Waals surface area contributed by atoms with Crippen LogP contribution in [0.25, 0.3) is 22.2 Å². The van der Waals surface area contributed by atoms with Crippen LogP contribution in [0.4, 0.5) is 0 Å². The largest absolute Gasteiger partial charge is 0.256 e. The summed E-state index contributed by atoms with van der Waals surface area (Å²) in [5, 5.41) is 2.00. The van der Waals surface area contributed by atoms with Gasteiger partial charge in [-0.2, -0.15) is 0 Å². The van der Waals surface area contributed by atoms with Crippen LogP contribution in [0, 0.1) is 0 Å². The SMILES string of the molecule is SSc1nc2ccccc2cc1-c1ccccn1. The van der Waals surface area contributed by atoms with E-state index in [1.807, 2.05) is 36.4 Å². The van der Waals surface area contributed by atoms with Gasteiger partial charge in [0.15, 0.2) is 0 Å². The minimum Gasteiger partial charge on any atom is -0.256 e. The second kappa shape index (κ2) is 5.00. The number of aromatic nitrogens is 2. The van der Waals surface area contributed by atoms with Gasteiger partial charge in [-0.1, -0.05) is 24.3 Å². The van der Waals surface area contributed by atoms with Crippen molar-refractivity contribution < 1.29 is 0 Å². The molecule has 0 unspecified atom stereocenters. The molecule has 2 aromatic heterocycles. The molecule has 3 aromatic rings. The Morgan fingerprint density at radius 2 is 1.83 bits per heavy atom. The first-order valence-corrected chi connectivity index (χ1v) is 7.38. The van der Waals surface area contributed by atoms with Crippen LogP contribution in [-0.2, 0) is 0 Å². The molecule has 0 saturated carbocycles. The summed E-state index contributed by atoms with van der Waals surface area (Å²) < 4.78 is 0. The van der Waals surface area contributed by atoms with Crippen LogP contribution >= 0.6 is 22.5 Å². The van der Waals surface area contributed by atoms with Crippen molar-refractivity contribution >= 4 is 33.4 Å². The molecule has 18 heavy (non-hydrogen) atoms. The molecule has 0 aliphatic rings. The minimum atomic E-state index is 0.885. The molecular weight excluding hydrogens is 260 g/mol. The van der Waals surface area contributed by atoms with E-state index in [-0.39, 0.29) is 0 Å². The first-order valence-electron chi connectivity index (χ1n) is 5.51. The van der Waals surface area contributed by atoms with Gasteiger partial charge in [0.2, 0.25) is 0 Å². The molecule has 2 heterocycles. The van der Waals surface area contributed by atoms with E-state index in [1.165, 1.54) is 10.8 Å². The van der Waals surface area contributed by atoms with Crippen molar-refractivity contribution in [3.05, 3.63) is 54.7 Å². The van der Waals surface area contributed by atoms with E-state index in [4.69, 9.17) is 0 Å². The van der Waals surface area contributed by atoms with Gasteiger partial charge in [-0.05, 0) is 35.1 Å². The average Bonchev–Trinajstić information content (AvgIpc) is 2.46. The van der Waals surface area contributed by atoms with Crippen LogP contribution < -0.4 is 0 Å². The molecule has 1 aromatic carbocycles. The number of benzene rings is 1. The van der Waals surface area contributed by atoms with Crippen LogP contribution in [0.5, 0.6) is 0 Å². The number of hydrogen-bond donors (Lipinski definition) is 1. The van der Waals surface area contributed by atoms with Crippen molar-refractivity contribution in [2.24, 2.45) is 0 Å². The first kappa shape index (κ1) is 11.6. The fourth-order valence-electron chi connectivity index (χ4n) is 1.87. The summed E-state index contributed by atoms with van der Waals surface area (Å²) in [5.41, 5.74) is 2.93. The monoisotopic (exact) mass is 270 g/mol. The standard InChI is InChI=1S/C14H10N2S2/c17-18-14-11(13-7-3-4-8-15-13)9-10-5-1-2-6-12(10)16-14/h1-9,17H. The highest BCUT2D eigenvalue weighted by Gasteiger charge is 2.09. The first-order chi connectivity index (χ1) is 8.88. The molecule has 0 aliphatic heterocycles. The van der Waals surface area contributed by atoms with Gasteiger partial charge in [0.1, 0.15) is 5.03 Å². The predicted molar refractivity (Wildman–Crippen MR) is 79.8 cm³/mol. The highest BCUT2D eigenvalue weighted by Crippen LogP contribution is 2.33. The smallest absolute Gasteiger partial charge is 0.116 e. The predicted octanol–water partition coefficient (Wildman–Crippen LogP) is 4.23. The number of thiol groups is 1. The van der Waals surface area contributed by atoms with Crippen LogP contribution in [0.1, 0.15) is 0 Å². The van der Waals surface area contributed by atoms with Crippen molar-refractivity contribution in [3.8, 4) is 11.3 Å². The third-order valence-electron chi connectivity index (χ3n) is 2.72. The van der Waals surface area contributed by atoms with Crippen LogP contribution in [0.15, 0.2) is 59.8 Å². The van der Waals surface area contributed by atoms with Crippen LogP contribution in [-0.4, -0.2) is 9.97 Å². The van der Waals surface area contributed by atoms with Gasteiger partial charge in [-0.3, -0.25) is 4.98 Å². The zero-order chi connectivity index (χ0) is 12.4. The van der Waals surface area contributed by atoms with Crippen LogP contribution in [0.2, 0.25) is 0 Å². The van der Waals surface area contributed by atoms with E-state index in [9.17, 15) is 0 Å². The highest BCUT2D eigenvalue weighted by atomic mass is 33.1. The molecule has 0 radical (unpaired) electrons. The molecule has 0 bridgehead atoms. The summed E-state index contributed by atoms with van der Waals surface area (Å²) in [4.78, 5) is 8.99. The number of nitrogens with zero attached hydrogens (tertiary/aromatic N) is 2. The summed E-state index contributed by atoms with van der Waals surface area (Å²) in [6.07, 6.45) is 1.79. The molecule has 0 saturated heterocycles. The molecule has 0 N–H and O–H groups in total. The summed E-state index contributed by atoms with van der Waals surface area (Å²) in [6.45, 7) is 0. The summed E-state index contributed by atoms with van der Waals surface area (Å²) in [6, 6.07) is 16.0. The Balaban J connectivity index is 2.27. The third-order valence-corrected chi connectivity index (χ3v) is 3.72. The summed E-state index contributed by atoms with van der Waals surface area (Å²) in [5.74, 6) is 0. The fraction of sp³-hybridized carbons (Fsp3) is 0. The maximum atomic E-state index is 4.62. The fourth-order valence-corrected chi connectivity index (χ4v) is 2.69. The Morgan fingerprint density at radius 3 is 2.61 bits per heavy atom. The molecule has 0 fully saturated rings. The molecule has 0 atom stereocenters. The van der Waals surface area contributed by atoms with Gasteiger partial charge in [0, 0.05) is 17.1 Å². The maximum absolute atomic E-state index is 4.62. The summed E-state index contributed by atoms with van der Waals surface area (Å²) in [7, 11) is 1.35. The number of fused-ring (bicyclic) bond motifs is 1. The Labute approximate surface area is 114 Å². The van der Waals surface area contributed by atoms with E-state index in [0.29, 0.717) is 0 Å². The molecule has 88 valence electrons. The molecule has 3 rings (SSSR count). The van der Waals surface area contributed by atoms with E-state index >= 15 is 0 Å². The lowest BCUT2D eigenvalue weighted by atomic mass is 10.1. The van der Waals surface area contributed by atoms with E-state index in [1.54, 1.807) is 6.20 Å². The average molecular weight is 270 g/mol. The Morgan fingerprint density at radius 1 is 1.00 bits per heavy atom. The van der Waals surface area contributed by atoms with Gasteiger partial charge in [-0.25, -0.2) is 4.98 Å². The molecular formula is C14H10N2S2. The third kappa shape index (κ3) is 2.09. The number of rotatable bonds is 2. The van der Waals surface area contributed by atoms with Gasteiger partial charge >= 0.3 is 0 Å². The van der Waals surface area contributed by atoms with Gasteiger partial charge in [-0.15, -0.1) is 11.7 Å². The molecule has 0 spiro atoms. The van der Waals surface area contributed by atoms with Crippen molar-refractivity contribution in [1.82, 2.24) is 9.97 Å². The Bertz CT molecular complexity index is 684. The lowest BCUT2D eigenvalue weighted by Crippen LogP contribution is -1.89. The van der Waals surface area contributed by atoms with Gasteiger partial charge in [0.25, 0.3) is 0 Å². The van der Waals surface area contributed by atoms with E-state index < -0.39 is 0 Å². The maximum Gasteiger partial charge on any atom is 0.116 e. The lowest BCUT2D eigenvalue weighted by Gasteiger charge is -2.07. The highest BCUT2D eigenvalue weighted by molar-refractivity contribution is 8.68. The van der Waals surface area contributed by atoms with Crippen molar-refractivity contribution in [3.63, 3.8) is 0 Å². The zero-order valence-corrected chi connectivity index (χ0v) is 11.2. The quantitative estimate of drug-likeness (QED) is 0.557. The van der Waals surface area contributed by atoms with E-state index in [0.717, 1.165) is 27.2 Å². The molecule has 4 heteroatoms. The van der Waals surface area contributed by atoms with E-state index in [2.05, 4.69) is 33.8 Å². The number of para-hydroxylation sites is 1. The summed E-state index contributed by atoms with van der Waals surface area (Å²) >= 11 is 4.28. The van der Waals surface area contributed by atoms with Gasteiger partial charge in [0.05, 0.1) is 11.2 Å². The zero-order valence-electron chi connectivity index (χ0n) is 9.45. The normalized spacial score (nSPS) is 10.7. The minimum absolute atomic E-state index is 0.885. The molecule has 0 amide bonds. The van der Waals surface area contributed by atoms with Crippen LogP contribution in [0.3, 0.4) is 0 Å². The molecule has 2 nitrogen and oxygen atoms in total.